The normalized spacial score (nSPS) is 16.8. The largest absolute Gasteiger partial charge is 0.385 e. The zero-order valence-electron chi connectivity index (χ0n) is 18.2. The standard InChI is InChI=1S/C22H37FN4O2/c1-4-24-21(25-12-14-27(2)13-5-15-28-3)26-18-22(10-16-29-17-11-22)19-6-8-20(23)9-7-19/h6-9H,4-5,10-18H2,1-3H3,(H2,24,25,26). The highest BCUT2D eigenvalue weighted by atomic mass is 19.1. The van der Waals surface area contributed by atoms with E-state index >= 15 is 0 Å². The molecule has 0 radical (unpaired) electrons. The predicted octanol–water partition coefficient (Wildman–Crippen LogP) is 2.40. The van der Waals surface area contributed by atoms with Crippen LogP contribution in [-0.2, 0) is 14.9 Å². The van der Waals surface area contributed by atoms with Crippen molar-refractivity contribution in [2.24, 2.45) is 4.99 Å². The molecule has 29 heavy (non-hydrogen) atoms. The minimum absolute atomic E-state index is 0.106. The number of aliphatic imine (C=N–C) groups is 1. The van der Waals surface area contributed by atoms with E-state index in [0.29, 0.717) is 19.8 Å². The molecule has 164 valence electrons. The molecule has 0 aliphatic carbocycles. The van der Waals surface area contributed by atoms with Gasteiger partial charge in [0, 0.05) is 58.5 Å². The Hall–Kier alpha value is -1.70. The van der Waals surface area contributed by atoms with Crippen molar-refractivity contribution in [3.05, 3.63) is 35.6 Å². The number of hydrogen-bond donors (Lipinski definition) is 2. The van der Waals surface area contributed by atoms with Gasteiger partial charge in [-0.25, -0.2) is 4.39 Å². The number of rotatable bonds is 11. The molecule has 2 N–H and O–H groups in total. The first-order valence-corrected chi connectivity index (χ1v) is 10.6. The predicted molar refractivity (Wildman–Crippen MR) is 116 cm³/mol. The second-order valence-corrected chi connectivity index (χ2v) is 7.67. The van der Waals surface area contributed by atoms with E-state index in [0.717, 1.165) is 63.6 Å². The van der Waals surface area contributed by atoms with Crippen molar-refractivity contribution in [2.45, 2.75) is 31.6 Å². The van der Waals surface area contributed by atoms with Gasteiger partial charge in [0.15, 0.2) is 5.96 Å². The van der Waals surface area contributed by atoms with E-state index in [2.05, 4.69) is 29.5 Å². The lowest BCUT2D eigenvalue weighted by atomic mass is 9.74. The number of hydrogen-bond acceptors (Lipinski definition) is 4. The Morgan fingerprint density at radius 2 is 1.93 bits per heavy atom. The maximum absolute atomic E-state index is 13.4. The second kappa shape index (κ2) is 12.8. The van der Waals surface area contributed by atoms with Crippen LogP contribution in [0.25, 0.3) is 0 Å². The van der Waals surface area contributed by atoms with Crippen LogP contribution in [0.5, 0.6) is 0 Å². The van der Waals surface area contributed by atoms with Gasteiger partial charge in [0.2, 0.25) is 0 Å². The summed E-state index contributed by atoms with van der Waals surface area (Å²) in [5.41, 5.74) is 1.03. The van der Waals surface area contributed by atoms with Crippen LogP contribution in [0.3, 0.4) is 0 Å². The van der Waals surface area contributed by atoms with E-state index in [-0.39, 0.29) is 11.2 Å². The molecule has 1 fully saturated rings. The first kappa shape index (κ1) is 23.6. The number of nitrogens with one attached hydrogen (secondary N) is 2. The van der Waals surface area contributed by atoms with E-state index < -0.39 is 0 Å². The Bertz CT molecular complexity index is 603. The molecule has 7 heteroatoms. The summed E-state index contributed by atoms with van der Waals surface area (Å²) in [6, 6.07) is 6.87. The van der Waals surface area contributed by atoms with Gasteiger partial charge in [-0.3, -0.25) is 4.99 Å². The highest BCUT2D eigenvalue weighted by molar-refractivity contribution is 5.79. The van der Waals surface area contributed by atoms with Gasteiger partial charge in [-0.2, -0.15) is 0 Å². The summed E-state index contributed by atoms with van der Waals surface area (Å²) in [5, 5.41) is 6.77. The molecule has 0 saturated carbocycles. The minimum atomic E-state index is -0.205. The van der Waals surface area contributed by atoms with Gasteiger partial charge in [0.05, 0.1) is 6.54 Å². The number of methoxy groups -OCH3 is 1. The Balaban J connectivity index is 1.97. The van der Waals surface area contributed by atoms with Crippen LogP contribution in [0.15, 0.2) is 29.3 Å². The number of halogens is 1. The number of likely N-dealkylation sites (N-methyl/N-ethyl adjacent to an activating group) is 1. The Kier molecular flexibility index (Phi) is 10.4. The molecule has 0 amide bonds. The van der Waals surface area contributed by atoms with E-state index in [1.165, 1.54) is 0 Å². The van der Waals surface area contributed by atoms with Crippen molar-refractivity contribution < 1.29 is 13.9 Å². The fourth-order valence-corrected chi connectivity index (χ4v) is 3.63. The zero-order valence-corrected chi connectivity index (χ0v) is 18.2. The van der Waals surface area contributed by atoms with Crippen molar-refractivity contribution in [3.8, 4) is 0 Å². The lowest BCUT2D eigenvalue weighted by Crippen LogP contribution is -2.43. The summed E-state index contributed by atoms with van der Waals surface area (Å²) < 4.78 is 24.1. The van der Waals surface area contributed by atoms with E-state index in [1.54, 1.807) is 19.2 Å². The maximum Gasteiger partial charge on any atom is 0.191 e. The fourth-order valence-electron chi connectivity index (χ4n) is 3.63. The molecule has 0 aromatic heterocycles. The van der Waals surface area contributed by atoms with Gasteiger partial charge in [-0.05, 0) is 50.9 Å². The molecular weight excluding hydrogens is 371 g/mol. The van der Waals surface area contributed by atoms with Crippen LogP contribution < -0.4 is 10.6 Å². The summed E-state index contributed by atoms with van der Waals surface area (Å²) in [6.07, 6.45) is 2.82. The molecule has 1 aliphatic heterocycles. The average molecular weight is 409 g/mol. The SMILES string of the molecule is CCNC(=NCC1(c2ccc(F)cc2)CCOCC1)NCCN(C)CCCOC. The molecule has 0 spiro atoms. The second-order valence-electron chi connectivity index (χ2n) is 7.67. The molecule has 1 aromatic rings. The van der Waals surface area contributed by atoms with Crippen molar-refractivity contribution in [1.29, 1.82) is 0 Å². The third-order valence-corrected chi connectivity index (χ3v) is 5.46. The number of nitrogens with zero attached hydrogens (tertiary/aromatic N) is 2. The average Bonchev–Trinajstić information content (AvgIpc) is 2.73. The summed E-state index contributed by atoms with van der Waals surface area (Å²) >= 11 is 0. The fraction of sp³-hybridized carbons (Fsp3) is 0.682. The Labute approximate surface area is 174 Å². The van der Waals surface area contributed by atoms with Crippen molar-refractivity contribution in [3.63, 3.8) is 0 Å². The Morgan fingerprint density at radius 3 is 2.59 bits per heavy atom. The van der Waals surface area contributed by atoms with Crippen LogP contribution in [-0.4, -0.2) is 77.6 Å². The lowest BCUT2D eigenvalue weighted by Gasteiger charge is -2.36. The quantitative estimate of drug-likeness (QED) is 0.335. The molecule has 0 unspecified atom stereocenters. The lowest BCUT2D eigenvalue weighted by molar-refractivity contribution is 0.0531. The zero-order chi connectivity index (χ0) is 21.0. The molecule has 2 rings (SSSR count). The summed E-state index contributed by atoms with van der Waals surface area (Å²) in [6.45, 7) is 8.51. The maximum atomic E-state index is 13.4. The third kappa shape index (κ3) is 7.91. The van der Waals surface area contributed by atoms with Crippen LogP contribution >= 0.6 is 0 Å². The molecule has 1 saturated heterocycles. The molecule has 6 nitrogen and oxygen atoms in total. The molecule has 1 aromatic carbocycles. The number of benzene rings is 1. The van der Waals surface area contributed by atoms with Crippen molar-refractivity contribution in [2.75, 3.05) is 66.7 Å². The van der Waals surface area contributed by atoms with Gasteiger partial charge in [0.1, 0.15) is 5.82 Å². The summed E-state index contributed by atoms with van der Waals surface area (Å²) in [5.74, 6) is 0.620. The van der Waals surface area contributed by atoms with E-state index in [4.69, 9.17) is 14.5 Å². The van der Waals surface area contributed by atoms with Crippen molar-refractivity contribution >= 4 is 5.96 Å². The van der Waals surface area contributed by atoms with Crippen molar-refractivity contribution in [1.82, 2.24) is 15.5 Å². The highest BCUT2D eigenvalue weighted by Gasteiger charge is 2.34. The first-order valence-electron chi connectivity index (χ1n) is 10.6. The van der Waals surface area contributed by atoms with E-state index in [9.17, 15) is 4.39 Å². The van der Waals surface area contributed by atoms with Gasteiger partial charge in [-0.1, -0.05) is 12.1 Å². The van der Waals surface area contributed by atoms with Gasteiger partial charge < -0.3 is 25.0 Å². The highest BCUT2D eigenvalue weighted by Crippen LogP contribution is 2.35. The monoisotopic (exact) mass is 408 g/mol. The minimum Gasteiger partial charge on any atom is -0.385 e. The topological polar surface area (TPSA) is 58.1 Å². The molecule has 0 bridgehead atoms. The summed E-state index contributed by atoms with van der Waals surface area (Å²) in [4.78, 5) is 7.17. The van der Waals surface area contributed by atoms with Crippen LogP contribution in [0.1, 0.15) is 31.7 Å². The van der Waals surface area contributed by atoms with Gasteiger partial charge in [0.25, 0.3) is 0 Å². The molecular formula is C22H37FN4O2. The molecule has 1 heterocycles. The number of guanidine groups is 1. The molecule has 1 aliphatic rings. The smallest absolute Gasteiger partial charge is 0.191 e. The van der Waals surface area contributed by atoms with Crippen LogP contribution in [0.4, 0.5) is 4.39 Å². The Morgan fingerprint density at radius 1 is 1.21 bits per heavy atom. The first-order chi connectivity index (χ1) is 14.1. The number of ether oxygens (including phenoxy) is 2. The van der Waals surface area contributed by atoms with Gasteiger partial charge >= 0.3 is 0 Å². The van der Waals surface area contributed by atoms with E-state index in [1.807, 2.05) is 12.1 Å². The molecule has 0 atom stereocenters. The summed E-state index contributed by atoms with van der Waals surface area (Å²) in [7, 11) is 3.85. The van der Waals surface area contributed by atoms with Gasteiger partial charge in [-0.15, -0.1) is 0 Å². The van der Waals surface area contributed by atoms with Crippen LogP contribution in [0.2, 0.25) is 0 Å². The third-order valence-electron chi connectivity index (χ3n) is 5.46. The van der Waals surface area contributed by atoms with Crippen LogP contribution in [0, 0.1) is 5.82 Å².